The van der Waals surface area contributed by atoms with Crippen molar-refractivity contribution in [2.75, 3.05) is 6.61 Å². The van der Waals surface area contributed by atoms with Crippen LogP contribution < -0.4 is 4.74 Å². The Morgan fingerprint density at radius 3 is 2.75 bits per heavy atom. The second-order valence-electron chi connectivity index (χ2n) is 4.87. The standard InChI is InChI=1S/C13H12N2O5/c14-6-5-13(3-4-13)8-20-11-2-1-9(15(18)19)7-10(11)12(16)17/h1-2,7H,3-5,8H2,(H,16,17). The van der Waals surface area contributed by atoms with Crippen molar-refractivity contribution in [1.29, 1.82) is 5.26 Å². The first-order chi connectivity index (χ1) is 9.47. The number of carbonyl (C=O) groups is 1. The predicted octanol–water partition coefficient (Wildman–Crippen LogP) is 2.37. The third-order valence-electron chi connectivity index (χ3n) is 3.35. The summed E-state index contributed by atoms with van der Waals surface area (Å²) in [5, 5.41) is 28.4. The zero-order valence-corrected chi connectivity index (χ0v) is 10.5. The topological polar surface area (TPSA) is 113 Å². The average molecular weight is 276 g/mol. The molecule has 0 spiro atoms. The molecular weight excluding hydrogens is 264 g/mol. The van der Waals surface area contributed by atoms with Crippen LogP contribution in [0.25, 0.3) is 0 Å². The Labute approximate surface area is 114 Å². The Balaban J connectivity index is 2.17. The number of benzene rings is 1. The molecule has 1 aromatic rings. The number of hydrogen-bond acceptors (Lipinski definition) is 5. The molecule has 104 valence electrons. The Morgan fingerprint density at radius 1 is 1.55 bits per heavy atom. The molecule has 7 nitrogen and oxygen atoms in total. The highest BCUT2D eigenvalue weighted by Crippen LogP contribution is 2.48. The minimum Gasteiger partial charge on any atom is -0.492 e. The number of non-ortho nitro benzene ring substituents is 1. The average Bonchev–Trinajstić information content (AvgIpc) is 3.16. The molecule has 0 radical (unpaired) electrons. The normalized spacial score (nSPS) is 15.2. The molecule has 20 heavy (non-hydrogen) atoms. The van der Waals surface area contributed by atoms with Gasteiger partial charge in [0, 0.05) is 24.0 Å². The molecule has 2 rings (SSSR count). The highest BCUT2D eigenvalue weighted by Gasteiger charge is 2.43. The van der Waals surface area contributed by atoms with Crippen molar-refractivity contribution in [2.24, 2.45) is 5.41 Å². The fraction of sp³-hybridized carbons (Fsp3) is 0.385. The number of hydrogen-bond donors (Lipinski definition) is 1. The molecular formula is C13H12N2O5. The van der Waals surface area contributed by atoms with E-state index in [1.165, 1.54) is 12.1 Å². The Bertz CT molecular complexity index is 601. The number of carboxylic acid groups (broad SMARTS) is 1. The van der Waals surface area contributed by atoms with Crippen LogP contribution in [0.3, 0.4) is 0 Å². The quantitative estimate of drug-likeness (QED) is 0.630. The van der Waals surface area contributed by atoms with Gasteiger partial charge >= 0.3 is 5.97 Å². The van der Waals surface area contributed by atoms with Gasteiger partial charge in [-0.15, -0.1) is 0 Å². The zero-order chi connectivity index (χ0) is 14.8. The van der Waals surface area contributed by atoms with Gasteiger partial charge in [0.1, 0.15) is 11.3 Å². The van der Waals surface area contributed by atoms with Crippen LogP contribution in [0, 0.1) is 26.9 Å². The van der Waals surface area contributed by atoms with Crippen molar-refractivity contribution >= 4 is 11.7 Å². The molecule has 0 aliphatic heterocycles. The Kier molecular flexibility index (Phi) is 3.57. The van der Waals surface area contributed by atoms with E-state index < -0.39 is 10.9 Å². The minimum absolute atomic E-state index is 0.0901. The molecule has 1 aliphatic carbocycles. The molecule has 0 amide bonds. The molecule has 1 saturated carbocycles. The van der Waals surface area contributed by atoms with Gasteiger partial charge in [0.2, 0.25) is 0 Å². The summed E-state index contributed by atoms with van der Waals surface area (Å²) in [6.45, 7) is 0.249. The van der Waals surface area contributed by atoms with Crippen LogP contribution in [0.15, 0.2) is 18.2 Å². The molecule has 0 aromatic heterocycles. The van der Waals surface area contributed by atoms with Crippen LogP contribution in [0.5, 0.6) is 5.75 Å². The number of nitrogens with zero attached hydrogens (tertiary/aromatic N) is 2. The van der Waals surface area contributed by atoms with E-state index in [4.69, 9.17) is 15.1 Å². The van der Waals surface area contributed by atoms with Crippen LogP contribution in [0.1, 0.15) is 29.6 Å². The second-order valence-corrected chi connectivity index (χ2v) is 4.87. The summed E-state index contributed by atoms with van der Waals surface area (Å²) < 4.78 is 5.46. The largest absolute Gasteiger partial charge is 0.492 e. The van der Waals surface area contributed by atoms with E-state index in [1.54, 1.807) is 0 Å². The third-order valence-corrected chi connectivity index (χ3v) is 3.35. The molecule has 1 aromatic carbocycles. The molecule has 0 saturated heterocycles. The van der Waals surface area contributed by atoms with Crippen LogP contribution in [-0.4, -0.2) is 22.6 Å². The first-order valence-electron chi connectivity index (χ1n) is 5.99. The van der Waals surface area contributed by atoms with Crippen LogP contribution in [0.2, 0.25) is 0 Å². The monoisotopic (exact) mass is 276 g/mol. The highest BCUT2D eigenvalue weighted by atomic mass is 16.6. The van der Waals surface area contributed by atoms with Gasteiger partial charge < -0.3 is 9.84 Å². The molecule has 1 aliphatic rings. The predicted molar refractivity (Wildman–Crippen MR) is 67.4 cm³/mol. The van der Waals surface area contributed by atoms with Crippen LogP contribution in [0.4, 0.5) is 5.69 Å². The lowest BCUT2D eigenvalue weighted by molar-refractivity contribution is -0.384. The summed E-state index contributed by atoms with van der Waals surface area (Å²) in [5.74, 6) is -1.19. The van der Waals surface area contributed by atoms with Gasteiger partial charge in [-0.2, -0.15) is 5.26 Å². The molecule has 0 heterocycles. The van der Waals surface area contributed by atoms with E-state index in [-0.39, 0.29) is 29.0 Å². The van der Waals surface area contributed by atoms with Crippen molar-refractivity contribution < 1.29 is 19.6 Å². The van der Waals surface area contributed by atoms with Crippen molar-refractivity contribution in [2.45, 2.75) is 19.3 Å². The lowest BCUT2D eigenvalue weighted by atomic mass is 10.1. The minimum atomic E-state index is -1.28. The lowest BCUT2D eigenvalue weighted by Gasteiger charge is -2.14. The van der Waals surface area contributed by atoms with E-state index in [0.717, 1.165) is 18.9 Å². The van der Waals surface area contributed by atoms with Crippen molar-refractivity contribution in [3.8, 4) is 11.8 Å². The van der Waals surface area contributed by atoms with Crippen molar-refractivity contribution in [1.82, 2.24) is 0 Å². The number of carboxylic acids is 1. The summed E-state index contributed by atoms with van der Waals surface area (Å²) in [4.78, 5) is 21.1. The number of nitro groups is 1. The van der Waals surface area contributed by atoms with Crippen LogP contribution >= 0.6 is 0 Å². The van der Waals surface area contributed by atoms with Crippen molar-refractivity contribution in [3.63, 3.8) is 0 Å². The number of aromatic carboxylic acids is 1. The summed E-state index contributed by atoms with van der Waals surface area (Å²) in [6, 6.07) is 5.54. The lowest BCUT2D eigenvalue weighted by Crippen LogP contribution is -2.14. The number of ether oxygens (including phenoxy) is 1. The van der Waals surface area contributed by atoms with E-state index in [0.29, 0.717) is 6.42 Å². The summed E-state index contributed by atoms with van der Waals surface area (Å²) in [5.41, 5.74) is -0.730. The van der Waals surface area contributed by atoms with Gasteiger partial charge in [0.05, 0.1) is 17.6 Å². The van der Waals surface area contributed by atoms with E-state index in [9.17, 15) is 14.9 Å². The van der Waals surface area contributed by atoms with Crippen LogP contribution in [-0.2, 0) is 0 Å². The fourth-order valence-corrected chi connectivity index (χ4v) is 1.87. The smallest absolute Gasteiger partial charge is 0.339 e. The van der Waals surface area contributed by atoms with Gasteiger partial charge in [0.15, 0.2) is 0 Å². The fourth-order valence-electron chi connectivity index (χ4n) is 1.87. The molecule has 0 bridgehead atoms. The Morgan fingerprint density at radius 2 is 2.25 bits per heavy atom. The van der Waals surface area contributed by atoms with Gasteiger partial charge in [-0.05, 0) is 18.9 Å². The second kappa shape index (κ2) is 5.17. The van der Waals surface area contributed by atoms with E-state index >= 15 is 0 Å². The highest BCUT2D eigenvalue weighted by molar-refractivity contribution is 5.91. The van der Waals surface area contributed by atoms with Gasteiger partial charge in [-0.25, -0.2) is 4.79 Å². The number of rotatable bonds is 6. The zero-order valence-electron chi connectivity index (χ0n) is 10.5. The first kappa shape index (κ1) is 13.8. The van der Waals surface area contributed by atoms with E-state index in [1.807, 2.05) is 0 Å². The number of nitro benzene ring substituents is 1. The molecule has 7 heteroatoms. The number of nitriles is 1. The molecule has 1 fully saturated rings. The van der Waals surface area contributed by atoms with Gasteiger partial charge in [-0.3, -0.25) is 10.1 Å². The van der Waals surface area contributed by atoms with Gasteiger partial charge in [0.25, 0.3) is 5.69 Å². The maximum atomic E-state index is 11.1. The first-order valence-corrected chi connectivity index (χ1v) is 5.99. The SMILES string of the molecule is N#CCC1(COc2ccc([N+](=O)[O-])cc2C(=O)O)CC1. The molecule has 0 atom stereocenters. The van der Waals surface area contributed by atoms with E-state index in [2.05, 4.69) is 6.07 Å². The summed E-state index contributed by atoms with van der Waals surface area (Å²) in [7, 11) is 0. The third kappa shape index (κ3) is 2.85. The van der Waals surface area contributed by atoms with Crippen molar-refractivity contribution in [3.05, 3.63) is 33.9 Å². The van der Waals surface area contributed by atoms with Gasteiger partial charge in [-0.1, -0.05) is 0 Å². The summed E-state index contributed by atoms with van der Waals surface area (Å²) >= 11 is 0. The summed E-state index contributed by atoms with van der Waals surface area (Å²) in [6.07, 6.45) is 2.11. The molecule has 0 unspecified atom stereocenters. The maximum absolute atomic E-state index is 11.1. The Hall–Kier alpha value is -2.62. The molecule has 1 N–H and O–H groups in total. The maximum Gasteiger partial charge on any atom is 0.339 e.